The molecule has 2 heterocycles. The fourth-order valence-corrected chi connectivity index (χ4v) is 1.78. The zero-order valence-corrected chi connectivity index (χ0v) is 9.94. The number of H-pyrrole nitrogens is 1. The maximum Gasteiger partial charge on any atom is 0.231 e. The van der Waals surface area contributed by atoms with Gasteiger partial charge in [0.25, 0.3) is 0 Å². The Kier molecular flexibility index (Phi) is 2.49. The Balaban J connectivity index is 2.02. The van der Waals surface area contributed by atoms with Crippen molar-refractivity contribution in [2.24, 2.45) is 0 Å². The molecular formula is C11H9ClN6. The van der Waals surface area contributed by atoms with Gasteiger partial charge in [0.05, 0.1) is 17.0 Å². The Morgan fingerprint density at radius 3 is 2.89 bits per heavy atom. The van der Waals surface area contributed by atoms with E-state index in [1.54, 1.807) is 6.07 Å². The largest absolute Gasteiger partial charge is 0.382 e. The molecule has 0 aliphatic rings. The Bertz CT molecular complexity index is 708. The molecule has 0 fully saturated rings. The van der Waals surface area contributed by atoms with Crippen molar-refractivity contribution in [3.05, 3.63) is 35.6 Å². The van der Waals surface area contributed by atoms with E-state index in [2.05, 4.69) is 25.3 Å². The first-order chi connectivity index (χ1) is 8.74. The normalized spacial score (nSPS) is 10.7. The van der Waals surface area contributed by atoms with Crippen LogP contribution in [0, 0.1) is 0 Å². The molecule has 18 heavy (non-hydrogen) atoms. The number of benzene rings is 1. The molecule has 0 spiro atoms. The lowest BCUT2D eigenvalue weighted by molar-refractivity contribution is 1.20. The van der Waals surface area contributed by atoms with Crippen LogP contribution < -0.4 is 11.1 Å². The smallest absolute Gasteiger partial charge is 0.231 e. The number of halogens is 1. The van der Waals surface area contributed by atoms with E-state index in [1.807, 2.05) is 18.2 Å². The lowest BCUT2D eigenvalue weighted by Crippen LogP contribution is -2.01. The molecule has 0 saturated heterocycles. The Morgan fingerprint density at radius 1 is 1.22 bits per heavy atom. The number of hydrogen-bond acceptors (Lipinski definition) is 5. The average molecular weight is 261 g/mol. The highest BCUT2D eigenvalue weighted by atomic mass is 35.5. The van der Waals surface area contributed by atoms with Crippen molar-refractivity contribution in [3.8, 4) is 0 Å². The summed E-state index contributed by atoms with van der Waals surface area (Å²) in [5, 5.41) is 3.59. The highest BCUT2D eigenvalue weighted by molar-refractivity contribution is 6.33. The van der Waals surface area contributed by atoms with Gasteiger partial charge in [0.2, 0.25) is 5.95 Å². The summed E-state index contributed by atoms with van der Waals surface area (Å²) in [4.78, 5) is 15.3. The molecule has 4 N–H and O–H groups in total. The summed E-state index contributed by atoms with van der Waals surface area (Å²) >= 11 is 6.04. The van der Waals surface area contributed by atoms with Crippen molar-refractivity contribution in [3.63, 3.8) is 0 Å². The van der Waals surface area contributed by atoms with Gasteiger partial charge in [0, 0.05) is 0 Å². The van der Waals surface area contributed by atoms with E-state index in [0.29, 0.717) is 33.6 Å². The van der Waals surface area contributed by atoms with Gasteiger partial charge in [-0.2, -0.15) is 9.97 Å². The van der Waals surface area contributed by atoms with E-state index in [4.69, 9.17) is 17.3 Å². The molecule has 0 atom stereocenters. The predicted molar refractivity (Wildman–Crippen MR) is 70.8 cm³/mol. The number of fused-ring (bicyclic) bond motifs is 1. The number of nitrogens with two attached hydrogens (primary N) is 1. The second-order valence-electron chi connectivity index (χ2n) is 3.64. The monoisotopic (exact) mass is 260 g/mol. The maximum absolute atomic E-state index is 6.04. The van der Waals surface area contributed by atoms with Crippen LogP contribution in [0.4, 0.5) is 17.5 Å². The summed E-state index contributed by atoms with van der Waals surface area (Å²) in [7, 11) is 0. The molecule has 0 amide bonds. The molecule has 0 unspecified atom stereocenters. The number of anilines is 3. The van der Waals surface area contributed by atoms with Gasteiger partial charge in [-0.15, -0.1) is 0 Å². The highest BCUT2D eigenvalue weighted by Crippen LogP contribution is 2.24. The second kappa shape index (κ2) is 4.15. The van der Waals surface area contributed by atoms with E-state index in [0.717, 1.165) is 0 Å². The van der Waals surface area contributed by atoms with Gasteiger partial charge < -0.3 is 16.0 Å². The summed E-state index contributed by atoms with van der Waals surface area (Å²) in [5.41, 5.74) is 7.65. The van der Waals surface area contributed by atoms with E-state index in [9.17, 15) is 0 Å². The zero-order chi connectivity index (χ0) is 12.5. The van der Waals surface area contributed by atoms with E-state index >= 15 is 0 Å². The van der Waals surface area contributed by atoms with Crippen LogP contribution in [0.1, 0.15) is 0 Å². The first-order valence-corrected chi connectivity index (χ1v) is 5.60. The van der Waals surface area contributed by atoms with Crippen molar-refractivity contribution in [2.45, 2.75) is 0 Å². The number of imidazole rings is 1. The SMILES string of the molecule is Nc1nc(Nc2ccccc2Cl)nc2nc[nH]c12. The maximum atomic E-state index is 6.04. The van der Waals surface area contributed by atoms with Gasteiger partial charge in [-0.05, 0) is 12.1 Å². The molecule has 0 saturated carbocycles. The van der Waals surface area contributed by atoms with Crippen molar-refractivity contribution in [1.29, 1.82) is 0 Å². The molecule has 6 nitrogen and oxygen atoms in total. The van der Waals surface area contributed by atoms with Crippen LogP contribution >= 0.6 is 11.6 Å². The summed E-state index contributed by atoms with van der Waals surface area (Å²) < 4.78 is 0. The first-order valence-electron chi connectivity index (χ1n) is 5.22. The molecule has 3 rings (SSSR count). The number of aromatic nitrogens is 4. The van der Waals surface area contributed by atoms with Crippen molar-refractivity contribution in [1.82, 2.24) is 19.9 Å². The fourth-order valence-electron chi connectivity index (χ4n) is 1.59. The standard InChI is InChI=1S/C11H9ClN6/c12-6-3-1-2-4-7(6)16-11-17-9(13)8-10(18-11)15-5-14-8/h1-5H,(H4,13,14,15,16,17,18). The lowest BCUT2D eigenvalue weighted by atomic mass is 10.3. The number of para-hydroxylation sites is 1. The number of nitrogens with one attached hydrogen (secondary N) is 2. The molecule has 0 aliphatic carbocycles. The molecule has 90 valence electrons. The van der Waals surface area contributed by atoms with Gasteiger partial charge >= 0.3 is 0 Å². The third-order valence-corrected chi connectivity index (χ3v) is 2.76. The van der Waals surface area contributed by atoms with Gasteiger partial charge in [0.1, 0.15) is 5.52 Å². The third-order valence-electron chi connectivity index (χ3n) is 2.43. The van der Waals surface area contributed by atoms with Crippen LogP contribution in [0.25, 0.3) is 11.2 Å². The van der Waals surface area contributed by atoms with Gasteiger partial charge in [0.15, 0.2) is 11.5 Å². The quantitative estimate of drug-likeness (QED) is 0.658. The number of hydrogen-bond donors (Lipinski definition) is 3. The van der Waals surface area contributed by atoms with Crippen LogP contribution in [0.15, 0.2) is 30.6 Å². The minimum Gasteiger partial charge on any atom is -0.382 e. The number of nitrogens with zero attached hydrogens (tertiary/aromatic N) is 3. The molecular weight excluding hydrogens is 252 g/mol. The van der Waals surface area contributed by atoms with Crippen LogP contribution in [0.5, 0.6) is 0 Å². The molecule has 2 aromatic heterocycles. The van der Waals surface area contributed by atoms with Gasteiger partial charge in [-0.1, -0.05) is 23.7 Å². The molecule has 0 bridgehead atoms. The van der Waals surface area contributed by atoms with E-state index in [-0.39, 0.29) is 0 Å². The van der Waals surface area contributed by atoms with E-state index < -0.39 is 0 Å². The number of aromatic amines is 1. The molecule has 7 heteroatoms. The number of rotatable bonds is 2. The second-order valence-corrected chi connectivity index (χ2v) is 4.05. The van der Waals surface area contributed by atoms with Crippen LogP contribution in [-0.2, 0) is 0 Å². The van der Waals surface area contributed by atoms with Crippen LogP contribution in [0.3, 0.4) is 0 Å². The zero-order valence-electron chi connectivity index (χ0n) is 9.18. The summed E-state index contributed by atoms with van der Waals surface area (Å²) in [6.07, 6.45) is 1.52. The topological polar surface area (TPSA) is 92.5 Å². The summed E-state index contributed by atoms with van der Waals surface area (Å²) in [5.74, 6) is 0.701. The Morgan fingerprint density at radius 2 is 2.06 bits per heavy atom. The molecule has 3 aromatic rings. The lowest BCUT2D eigenvalue weighted by Gasteiger charge is -2.06. The predicted octanol–water partition coefficient (Wildman–Crippen LogP) is 2.33. The van der Waals surface area contributed by atoms with Crippen molar-refractivity contribution < 1.29 is 0 Å². The first kappa shape index (κ1) is 10.8. The molecule has 1 aromatic carbocycles. The summed E-state index contributed by atoms with van der Waals surface area (Å²) in [6, 6.07) is 7.32. The van der Waals surface area contributed by atoms with Gasteiger partial charge in [-0.3, -0.25) is 0 Å². The van der Waals surface area contributed by atoms with Gasteiger partial charge in [-0.25, -0.2) is 4.98 Å². The minimum atomic E-state index is 0.340. The van der Waals surface area contributed by atoms with Crippen LogP contribution in [0.2, 0.25) is 5.02 Å². The van der Waals surface area contributed by atoms with E-state index in [1.165, 1.54) is 6.33 Å². The van der Waals surface area contributed by atoms with Crippen molar-refractivity contribution in [2.75, 3.05) is 11.1 Å². The summed E-state index contributed by atoms with van der Waals surface area (Å²) in [6.45, 7) is 0. The highest BCUT2D eigenvalue weighted by Gasteiger charge is 2.08. The fraction of sp³-hybridized carbons (Fsp3) is 0. The number of nitrogen functional groups attached to an aromatic ring is 1. The Labute approximate surface area is 107 Å². The minimum absolute atomic E-state index is 0.340. The third kappa shape index (κ3) is 1.82. The van der Waals surface area contributed by atoms with Crippen LogP contribution in [-0.4, -0.2) is 19.9 Å². The average Bonchev–Trinajstić information content (AvgIpc) is 2.81. The van der Waals surface area contributed by atoms with Crippen molar-refractivity contribution >= 4 is 40.2 Å². The Hall–Kier alpha value is -2.34. The molecule has 0 radical (unpaired) electrons. The molecule has 0 aliphatic heterocycles.